The average molecular weight is 279 g/mol. The Morgan fingerprint density at radius 2 is 2.15 bits per heavy atom. The highest BCUT2D eigenvalue weighted by molar-refractivity contribution is 5.77. The van der Waals surface area contributed by atoms with Crippen LogP contribution in [0.3, 0.4) is 0 Å². The monoisotopic (exact) mass is 279 g/mol. The van der Waals surface area contributed by atoms with Crippen molar-refractivity contribution in [3.8, 4) is 5.75 Å². The number of nitrogens with two attached hydrogens (primary N) is 1. The molecule has 0 heterocycles. The molecule has 0 aliphatic rings. The molecule has 0 aliphatic heterocycles. The van der Waals surface area contributed by atoms with Crippen LogP contribution in [0.25, 0.3) is 0 Å². The zero-order valence-corrected chi connectivity index (χ0v) is 12.4. The number of nitrogens with one attached hydrogen (secondary N) is 1. The maximum Gasteiger partial charge on any atom is 0.188 e. The van der Waals surface area contributed by atoms with Gasteiger partial charge in [0.15, 0.2) is 5.96 Å². The first-order chi connectivity index (χ1) is 9.76. The Morgan fingerprint density at radius 1 is 1.30 bits per heavy atom. The number of hydrogen-bond acceptors (Lipinski definition) is 3. The molecule has 0 atom stereocenters. The summed E-state index contributed by atoms with van der Waals surface area (Å²) in [7, 11) is 0. The van der Waals surface area contributed by atoms with Crippen molar-refractivity contribution in [3.63, 3.8) is 0 Å². The van der Waals surface area contributed by atoms with Crippen LogP contribution < -0.4 is 15.8 Å². The van der Waals surface area contributed by atoms with Crippen molar-refractivity contribution in [3.05, 3.63) is 29.8 Å². The van der Waals surface area contributed by atoms with Gasteiger partial charge in [-0.2, -0.15) is 0 Å². The Labute approximate surface area is 121 Å². The lowest BCUT2D eigenvalue weighted by Gasteiger charge is -2.07. The lowest BCUT2D eigenvalue weighted by molar-refractivity contribution is 0.145. The number of nitrogens with zero attached hydrogens (tertiary/aromatic N) is 1. The Bertz CT molecular complexity index is 408. The molecule has 112 valence electrons. The SMILES string of the molecule is CCOCCCNC(N)=NCc1cccc(OCC)c1. The lowest BCUT2D eigenvalue weighted by Crippen LogP contribution is -2.32. The van der Waals surface area contributed by atoms with Crippen molar-refractivity contribution in [2.75, 3.05) is 26.4 Å². The van der Waals surface area contributed by atoms with Crippen molar-refractivity contribution >= 4 is 5.96 Å². The molecule has 0 bridgehead atoms. The molecule has 0 aromatic heterocycles. The zero-order valence-electron chi connectivity index (χ0n) is 12.4. The minimum atomic E-state index is 0.461. The topological polar surface area (TPSA) is 68.9 Å². The van der Waals surface area contributed by atoms with Crippen LogP contribution in [0.15, 0.2) is 29.3 Å². The van der Waals surface area contributed by atoms with Gasteiger partial charge in [-0.05, 0) is 38.0 Å². The molecule has 5 nitrogen and oxygen atoms in total. The lowest BCUT2D eigenvalue weighted by atomic mass is 10.2. The largest absolute Gasteiger partial charge is 0.494 e. The van der Waals surface area contributed by atoms with E-state index < -0.39 is 0 Å². The molecular formula is C15H25N3O2. The average Bonchev–Trinajstić information content (AvgIpc) is 2.46. The summed E-state index contributed by atoms with van der Waals surface area (Å²) in [5.74, 6) is 1.33. The molecule has 0 radical (unpaired) electrons. The first-order valence-corrected chi connectivity index (χ1v) is 7.09. The predicted octanol–water partition coefficient (Wildman–Crippen LogP) is 1.92. The highest BCUT2D eigenvalue weighted by Gasteiger charge is 1.97. The van der Waals surface area contributed by atoms with E-state index in [9.17, 15) is 0 Å². The van der Waals surface area contributed by atoms with E-state index in [1.165, 1.54) is 0 Å². The van der Waals surface area contributed by atoms with Crippen molar-refractivity contribution in [1.82, 2.24) is 5.32 Å². The summed E-state index contributed by atoms with van der Waals surface area (Å²) < 4.78 is 10.7. The van der Waals surface area contributed by atoms with Crippen LogP contribution in [0.4, 0.5) is 0 Å². The molecule has 1 rings (SSSR count). The second-order valence-corrected chi connectivity index (χ2v) is 4.26. The van der Waals surface area contributed by atoms with E-state index in [-0.39, 0.29) is 0 Å². The van der Waals surface area contributed by atoms with Crippen molar-refractivity contribution in [2.24, 2.45) is 10.7 Å². The van der Waals surface area contributed by atoms with Crippen LogP contribution in [-0.4, -0.2) is 32.3 Å². The molecule has 0 saturated heterocycles. The fourth-order valence-electron chi connectivity index (χ4n) is 1.67. The van der Waals surface area contributed by atoms with Gasteiger partial charge in [-0.15, -0.1) is 0 Å². The third-order valence-electron chi connectivity index (χ3n) is 2.62. The van der Waals surface area contributed by atoms with Gasteiger partial charge in [0.1, 0.15) is 5.75 Å². The van der Waals surface area contributed by atoms with Gasteiger partial charge in [0.05, 0.1) is 13.2 Å². The van der Waals surface area contributed by atoms with E-state index in [2.05, 4.69) is 10.3 Å². The Kier molecular flexibility index (Phi) is 8.22. The molecule has 0 spiro atoms. The molecule has 0 amide bonds. The smallest absolute Gasteiger partial charge is 0.188 e. The molecule has 0 fully saturated rings. The molecule has 0 aliphatic carbocycles. The number of rotatable bonds is 9. The predicted molar refractivity (Wildman–Crippen MR) is 82.1 cm³/mol. The van der Waals surface area contributed by atoms with E-state index in [1.807, 2.05) is 38.1 Å². The van der Waals surface area contributed by atoms with Gasteiger partial charge in [-0.25, -0.2) is 4.99 Å². The van der Waals surface area contributed by atoms with Crippen molar-refractivity contribution in [2.45, 2.75) is 26.8 Å². The number of hydrogen-bond donors (Lipinski definition) is 2. The van der Waals surface area contributed by atoms with Crippen molar-refractivity contribution in [1.29, 1.82) is 0 Å². The quantitative estimate of drug-likeness (QED) is 0.411. The normalized spacial score (nSPS) is 11.4. The van der Waals surface area contributed by atoms with Crippen LogP contribution >= 0.6 is 0 Å². The van der Waals surface area contributed by atoms with Gasteiger partial charge in [-0.1, -0.05) is 12.1 Å². The fraction of sp³-hybridized carbons (Fsp3) is 0.533. The maximum atomic E-state index is 5.80. The summed E-state index contributed by atoms with van der Waals surface area (Å²) in [5, 5.41) is 3.07. The molecule has 0 unspecified atom stereocenters. The summed E-state index contributed by atoms with van der Waals surface area (Å²) in [6, 6.07) is 7.89. The van der Waals surface area contributed by atoms with Gasteiger partial charge in [0.25, 0.3) is 0 Å². The number of benzene rings is 1. The molecule has 1 aromatic carbocycles. The summed E-state index contributed by atoms with van der Waals surface area (Å²) in [4.78, 5) is 4.30. The second-order valence-electron chi connectivity index (χ2n) is 4.26. The molecule has 0 saturated carbocycles. The van der Waals surface area contributed by atoms with E-state index in [1.54, 1.807) is 0 Å². The summed E-state index contributed by atoms with van der Waals surface area (Å²) >= 11 is 0. The van der Waals surface area contributed by atoms with Gasteiger partial charge in [0, 0.05) is 19.8 Å². The van der Waals surface area contributed by atoms with Gasteiger partial charge >= 0.3 is 0 Å². The molecule has 5 heteroatoms. The third kappa shape index (κ3) is 6.99. The third-order valence-corrected chi connectivity index (χ3v) is 2.62. The fourth-order valence-corrected chi connectivity index (χ4v) is 1.67. The van der Waals surface area contributed by atoms with Gasteiger partial charge < -0.3 is 20.5 Å². The molecule has 1 aromatic rings. The minimum absolute atomic E-state index is 0.461. The van der Waals surface area contributed by atoms with E-state index in [4.69, 9.17) is 15.2 Å². The van der Waals surface area contributed by atoms with E-state index in [0.717, 1.165) is 37.5 Å². The van der Waals surface area contributed by atoms with Crippen LogP contribution in [0.1, 0.15) is 25.8 Å². The van der Waals surface area contributed by atoms with Crippen LogP contribution in [-0.2, 0) is 11.3 Å². The Hall–Kier alpha value is -1.75. The van der Waals surface area contributed by atoms with Crippen LogP contribution in [0.2, 0.25) is 0 Å². The van der Waals surface area contributed by atoms with Gasteiger partial charge in [0.2, 0.25) is 0 Å². The van der Waals surface area contributed by atoms with Crippen molar-refractivity contribution < 1.29 is 9.47 Å². The Balaban J connectivity index is 2.32. The zero-order chi connectivity index (χ0) is 14.6. The second kappa shape index (κ2) is 10.1. The summed E-state index contributed by atoms with van der Waals surface area (Å²) in [6.45, 7) is 7.43. The van der Waals surface area contributed by atoms with E-state index in [0.29, 0.717) is 19.1 Å². The Morgan fingerprint density at radius 3 is 2.90 bits per heavy atom. The highest BCUT2D eigenvalue weighted by atomic mass is 16.5. The number of ether oxygens (including phenoxy) is 2. The number of guanidine groups is 1. The highest BCUT2D eigenvalue weighted by Crippen LogP contribution is 2.13. The van der Waals surface area contributed by atoms with E-state index >= 15 is 0 Å². The molecule has 3 N–H and O–H groups in total. The van der Waals surface area contributed by atoms with Crippen LogP contribution in [0, 0.1) is 0 Å². The maximum absolute atomic E-state index is 5.80. The standard InChI is InChI=1S/C15H25N3O2/c1-3-19-10-6-9-17-15(16)18-12-13-7-5-8-14(11-13)20-4-2/h5,7-8,11H,3-4,6,9-10,12H2,1-2H3,(H3,16,17,18). The summed E-state index contributed by atoms with van der Waals surface area (Å²) in [6.07, 6.45) is 0.921. The molecule has 20 heavy (non-hydrogen) atoms. The van der Waals surface area contributed by atoms with Crippen LogP contribution in [0.5, 0.6) is 5.75 Å². The van der Waals surface area contributed by atoms with Gasteiger partial charge in [-0.3, -0.25) is 0 Å². The first-order valence-electron chi connectivity index (χ1n) is 7.09. The minimum Gasteiger partial charge on any atom is -0.494 e. The number of aliphatic imine (C=N–C) groups is 1. The molecular weight excluding hydrogens is 254 g/mol. The first kappa shape index (κ1) is 16.3. The summed E-state index contributed by atoms with van der Waals surface area (Å²) in [5.41, 5.74) is 6.88.